The summed E-state index contributed by atoms with van der Waals surface area (Å²) in [4.78, 5) is 20.3. The van der Waals surface area contributed by atoms with E-state index >= 15 is 0 Å². The van der Waals surface area contributed by atoms with Crippen molar-refractivity contribution in [1.82, 2.24) is 9.97 Å². The van der Waals surface area contributed by atoms with Crippen molar-refractivity contribution in [3.63, 3.8) is 0 Å². The van der Waals surface area contributed by atoms with Crippen LogP contribution in [0.4, 0.5) is 0 Å². The zero-order valence-electron chi connectivity index (χ0n) is 13.4. The van der Waals surface area contributed by atoms with Crippen molar-refractivity contribution in [3.05, 3.63) is 84.6 Å². The lowest BCUT2D eigenvalue weighted by Gasteiger charge is -2.06. The third-order valence-electron chi connectivity index (χ3n) is 4.11. The molecule has 0 saturated carbocycles. The molecule has 0 aliphatic rings. The lowest BCUT2D eigenvalue weighted by molar-refractivity contribution is 0.100. The Hall–Kier alpha value is -3.53. The van der Waals surface area contributed by atoms with E-state index in [9.17, 15) is 4.79 Å². The van der Waals surface area contributed by atoms with Gasteiger partial charge in [-0.3, -0.25) is 9.78 Å². The first-order valence-electron chi connectivity index (χ1n) is 7.93. The molecule has 0 spiro atoms. The Kier molecular flexibility index (Phi) is 3.71. The maximum Gasteiger partial charge on any atom is 0.248 e. The molecule has 0 aliphatic heterocycles. The summed E-state index contributed by atoms with van der Waals surface area (Å²) in [5.41, 5.74) is 11.2. The number of carbonyl (C=O) groups is 1. The average molecular weight is 325 g/mol. The third kappa shape index (κ3) is 2.97. The Morgan fingerprint density at radius 3 is 2.16 bits per heavy atom. The third-order valence-corrected chi connectivity index (χ3v) is 4.11. The van der Waals surface area contributed by atoms with Crippen LogP contribution < -0.4 is 5.73 Å². The highest BCUT2D eigenvalue weighted by Gasteiger charge is 2.06. The maximum absolute atomic E-state index is 11.3. The number of hydrogen-bond acceptors (Lipinski definition) is 3. The number of rotatable bonds is 3. The number of benzene rings is 3. The van der Waals surface area contributed by atoms with E-state index in [1.165, 1.54) is 5.56 Å². The van der Waals surface area contributed by atoms with Crippen LogP contribution in [0.1, 0.15) is 10.4 Å². The first-order chi connectivity index (χ1) is 12.2. The molecular formula is C21H15N3O. The summed E-state index contributed by atoms with van der Waals surface area (Å²) in [6.45, 7) is 0. The predicted octanol–water partition coefficient (Wildman–Crippen LogP) is 4.06. The van der Waals surface area contributed by atoms with Gasteiger partial charge in [0.2, 0.25) is 5.91 Å². The van der Waals surface area contributed by atoms with E-state index in [4.69, 9.17) is 5.73 Å². The van der Waals surface area contributed by atoms with Crippen molar-refractivity contribution < 1.29 is 4.79 Å². The van der Waals surface area contributed by atoms with Crippen molar-refractivity contribution >= 4 is 16.9 Å². The second-order valence-electron chi connectivity index (χ2n) is 5.77. The Morgan fingerprint density at radius 2 is 1.44 bits per heavy atom. The minimum Gasteiger partial charge on any atom is -0.366 e. The van der Waals surface area contributed by atoms with Gasteiger partial charge in [0.15, 0.2) is 0 Å². The molecule has 3 aromatic carbocycles. The molecule has 4 nitrogen and oxygen atoms in total. The molecule has 4 heteroatoms. The largest absolute Gasteiger partial charge is 0.366 e. The number of nitrogens with zero attached hydrogens (tertiary/aromatic N) is 2. The van der Waals surface area contributed by atoms with Crippen LogP contribution in [0.15, 0.2) is 79.0 Å². The fraction of sp³-hybridized carbons (Fsp3) is 0. The van der Waals surface area contributed by atoms with E-state index < -0.39 is 5.91 Å². The van der Waals surface area contributed by atoms with Gasteiger partial charge in [-0.15, -0.1) is 0 Å². The molecular weight excluding hydrogens is 310 g/mol. The minimum absolute atomic E-state index is 0.432. The minimum atomic E-state index is -0.468. The van der Waals surface area contributed by atoms with E-state index in [1.54, 1.807) is 24.4 Å². The first kappa shape index (κ1) is 15.0. The van der Waals surface area contributed by atoms with Gasteiger partial charge in [0.1, 0.15) is 0 Å². The number of carbonyl (C=O) groups excluding carboxylic acids is 1. The Labute approximate surface area is 145 Å². The second kappa shape index (κ2) is 6.17. The molecule has 0 atom stereocenters. The van der Waals surface area contributed by atoms with Crippen LogP contribution >= 0.6 is 0 Å². The molecule has 1 amide bonds. The second-order valence-corrected chi connectivity index (χ2v) is 5.77. The number of aromatic nitrogens is 2. The summed E-state index contributed by atoms with van der Waals surface area (Å²) in [6.07, 6.45) is 1.71. The van der Waals surface area contributed by atoms with Crippen LogP contribution in [-0.4, -0.2) is 15.9 Å². The van der Waals surface area contributed by atoms with Crippen molar-refractivity contribution in [2.45, 2.75) is 0 Å². The highest BCUT2D eigenvalue weighted by atomic mass is 16.1. The molecule has 4 rings (SSSR count). The number of nitrogens with two attached hydrogens (primary N) is 1. The normalized spacial score (nSPS) is 10.7. The van der Waals surface area contributed by atoms with Gasteiger partial charge in [-0.2, -0.15) is 0 Å². The van der Waals surface area contributed by atoms with E-state index in [0.29, 0.717) is 11.1 Å². The summed E-state index contributed by atoms with van der Waals surface area (Å²) >= 11 is 0. The predicted molar refractivity (Wildman–Crippen MR) is 98.9 cm³/mol. The molecule has 0 radical (unpaired) electrons. The smallest absolute Gasteiger partial charge is 0.248 e. The van der Waals surface area contributed by atoms with Gasteiger partial charge in [-0.25, -0.2) is 4.98 Å². The summed E-state index contributed by atoms with van der Waals surface area (Å²) in [5.74, 6) is -0.468. The van der Waals surface area contributed by atoms with Crippen LogP contribution in [0, 0.1) is 0 Å². The number of amides is 1. The quantitative estimate of drug-likeness (QED) is 0.617. The fourth-order valence-corrected chi connectivity index (χ4v) is 2.77. The van der Waals surface area contributed by atoms with Gasteiger partial charge in [0.05, 0.1) is 22.9 Å². The van der Waals surface area contributed by atoms with Gasteiger partial charge < -0.3 is 5.73 Å². The Morgan fingerprint density at radius 1 is 0.760 bits per heavy atom. The van der Waals surface area contributed by atoms with Crippen LogP contribution in [0.5, 0.6) is 0 Å². The molecule has 25 heavy (non-hydrogen) atoms. The Balaban J connectivity index is 1.69. The molecule has 0 unspecified atom stereocenters. The van der Waals surface area contributed by atoms with E-state index in [1.807, 2.05) is 30.3 Å². The topological polar surface area (TPSA) is 68.9 Å². The SMILES string of the molecule is NC(=O)c1ccc2nc(-c3ccc(-c4ccccc4)cc3)cnc2c1. The van der Waals surface area contributed by atoms with Crippen LogP contribution in [-0.2, 0) is 0 Å². The van der Waals surface area contributed by atoms with E-state index in [0.717, 1.165) is 22.3 Å². The van der Waals surface area contributed by atoms with Crippen molar-refractivity contribution in [2.75, 3.05) is 0 Å². The summed E-state index contributed by atoms with van der Waals surface area (Å²) in [7, 11) is 0. The van der Waals surface area contributed by atoms with Crippen LogP contribution in [0.2, 0.25) is 0 Å². The van der Waals surface area contributed by atoms with Crippen molar-refractivity contribution in [3.8, 4) is 22.4 Å². The van der Waals surface area contributed by atoms with Crippen molar-refractivity contribution in [1.29, 1.82) is 0 Å². The van der Waals surface area contributed by atoms with Gasteiger partial charge in [0, 0.05) is 11.1 Å². The van der Waals surface area contributed by atoms with Crippen molar-refractivity contribution in [2.24, 2.45) is 5.73 Å². The van der Waals surface area contributed by atoms with Gasteiger partial charge >= 0.3 is 0 Å². The molecule has 0 bridgehead atoms. The molecule has 0 saturated heterocycles. The monoisotopic (exact) mass is 325 g/mol. The molecule has 1 heterocycles. The number of fused-ring (bicyclic) bond motifs is 1. The van der Waals surface area contributed by atoms with Gasteiger partial charge in [0.25, 0.3) is 0 Å². The zero-order valence-corrected chi connectivity index (χ0v) is 13.4. The highest BCUT2D eigenvalue weighted by Crippen LogP contribution is 2.24. The molecule has 0 fully saturated rings. The van der Waals surface area contributed by atoms with Crippen LogP contribution in [0.25, 0.3) is 33.4 Å². The van der Waals surface area contributed by atoms with Gasteiger partial charge in [-0.05, 0) is 29.3 Å². The zero-order chi connectivity index (χ0) is 17.2. The summed E-state index contributed by atoms with van der Waals surface area (Å²) in [6, 6.07) is 23.6. The molecule has 4 aromatic rings. The average Bonchev–Trinajstić information content (AvgIpc) is 2.68. The lowest BCUT2D eigenvalue weighted by atomic mass is 10.0. The first-order valence-corrected chi connectivity index (χ1v) is 7.93. The highest BCUT2D eigenvalue weighted by molar-refractivity contribution is 5.96. The fourth-order valence-electron chi connectivity index (χ4n) is 2.77. The molecule has 0 aliphatic carbocycles. The van der Waals surface area contributed by atoms with Gasteiger partial charge in [-0.1, -0.05) is 54.6 Å². The van der Waals surface area contributed by atoms with Crippen LogP contribution in [0.3, 0.4) is 0 Å². The Bertz CT molecular complexity index is 1060. The molecule has 120 valence electrons. The molecule has 2 N–H and O–H groups in total. The maximum atomic E-state index is 11.3. The van der Waals surface area contributed by atoms with E-state index in [-0.39, 0.29) is 0 Å². The van der Waals surface area contributed by atoms with E-state index in [2.05, 4.69) is 34.2 Å². The summed E-state index contributed by atoms with van der Waals surface area (Å²) < 4.78 is 0. The molecule has 1 aromatic heterocycles. The standard InChI is InChI=1S/C21H15N3O/c22-21(25)17-10-11-18-19(12-17)23-13-20(24-18)16-8-6-15(7-9-16)14-4-2-1-3-5-14/h1-13H,(H2,22,25). The number of primary amides is 1. The summed E-state index contributed by atoms with van der Waals surface area (Å²) in [5, 5.41) is 0. The lowest BCUT2D eigenvalue weighted by Crippen LogP contribution is -2.10. The number of hydrogen-bond donors (Lipinski definition) is 1.